The molecule has 7 heteroatoms. The minimum atomic E-state index is 0.0864. The van der Waals surface area contributed by atoms with Crippen molar-refractivity contribution in [2.24, 2.45) is 0 Å². The molecule has 0 fully saturated rings. The summed E-state index contributed by atoms with van der Waals surface area (Å²) in [5.41, 5.74) is 5.35. The van der Waals surface area contributed by atoms with Crippen LogP contribution in [0, 0.1) is 20.8 Å². The molecule has 0 saturated heterocycles. The molecule has 1 aliphatic rings. The number of aromatic nitrogens is 4. The Hall–Kier alpha value is -2.41. The predicted molar refractivity (Wildman–Crippen MR) is 103 cm³/mol. The first-order chi connectivity index (χ1) is 12.5. The summed E-state index contributed by atoms with van der Waals surface area (Å²) in [6, 6.07) is 8.29. The van der Waals surface area contributed by atoms with Crippen LogP contribution in [0.25, 0.3) is 5.78 Å². The summed E-state index contributed by atoms with van der Waals surface area (Å²) >= 11 is 1.36. The summed E-state index contributed by atoms with van der Waals surface area (Å²) in [6.07, 6.45) is 0.904. The zero-order valence-corrected chi connectivity index (χ0v) is 16.2. The number of benzene rings is 1. The van der Waals surface area contributed by atoms with Crippen molar-refractivity contribution >= 4 is 29.1 Å². The molecule has 3 aromatic rings. The highest BCUT2D eigenvalue weighted by Gasteiger charge is 2.30. The van der Waals surface area contributed by atoms with Crippen LogP contribution in [0.1, 0.15) is 29.4 Å². The fraction of sp³-hybridized carbons (Fsp3) is 0.368. The van der Waals surface area contributed by atoms with E-state index in [0.717, 1.165) is 29.1 Å². The van der Waals surface area contributed by atoms with Gasteiger partial charge in [-0.15, -0.1) is 5.10 Å². The van der Waals surface area contributed by atoms with E-state index in [1.54, 1.807) is 4.52 Å². The minimum Gasteiger partial charge on any atom is -0.308 e. The lowest BCUT2D eigenvalue weighted by Crippen LogP contribution is -2.37. The van der Waals surface area contributed by atoms with Crippen molar-refractivity contribution in [1.82, 2.24) is 19.6 Å². The van der Waals surface area contributed by atoms with Crippen LogP contribution in [0.2, 0.25) is 0 Å². The summed E-state index contributed by atoms with van der Waals surface area (Å²) in [6.45, 7) is 8.10. The van der Waals surface area contributed by atoms with Crippen molar-refractivity contribution < 1.29 is 4.79 Å². The second-order valence-electron chi connectivity index (χ2n) is 6.75. The lowest BCUT2D eigenvalue weighted by Gasteiger charge is -2.22. The molecule has 1 aromatic carbocycles. The molecule has 1 atom stereocenters. The third kappa shape index (κ3) is 2.76. The molecular weight excluding hydrogens is 346 g/mol. The van der Waals surface area contributed by atoms with Gasteiger partial charge in [-0.25, -0.2) is 9.50 Å². The van der Waals surface area contributed by atoms with Gasteiger partial charge in [-0.05, 0) is 51.3 Å². The number of carbonyl (C=O) groups is 1. The Bertz CT molecular complexity index is 1010. The van der Waals surface area contributed by atoms with Crippen molar-refractivity contribution in [3.63, 3.8) is 0 Å². The van der Waals surface area contributed by atoms with Crippen molar-refractivity contribution in [1.29, 1.82) is 0 Å². The highest BCUT2D eigenvalue weighted by atomic mass is 32.2. The van der Waals surface area contributed by atoms with Crippen molar-refractivity contribution in [2.45, 2.75) is 45.3 Å². The maximum Gasteiger partial charge on any atom is 0.253 e. The van der Waals surface area contributed by atoms with Gasteiger partial charge < -0.3 is 4.90 Å². The first kappa shape index (κ1) is 17.0. The number of hydrogen-bond acceptors (Lipinski definition) is 5. The molecular formula is C19H21N5OS. The van der Waals surface area contributed by atoms with Gasteiger partial charge >= 0.3 is 0 Å². The average Bonchev–Trinajstić information content (AvgIpc) is 3.17. The highest BCUT2D eigenvalue weighted by molar-refractivity contribution is 7.99. The molecule has 6 nitrogen and oxygen atoms in total. The molecule has 1 unspecified atom stereocenters. The van der Waals surface area contributed by atoms with E-state index in [1.807, 2.05) is 43.9 Å². The van der Waals surface area contributed by atoms with E-state index in [2.05, 4.69) is 28.1 Å². The van der Waals surface area contributed by atoms with E-state index in [1.165, 1.54) is 17.3 Å². The summed E-state index contributed by atoms with van der Waals surface area (Å²) in [7, 11) is 0. The van der Waals surface area contributed by atoms with Crippen LogP contribution in [-0.4, -0.2) is 37.3 Å². The van der Waals surface area contributed by atoms with Crippen LogP contribution in [0.4, 0.5) is 5.69 Å². The molecule has 1 amide bonds. The van der Waals surface area contributed by atoms with Gasteiger partial charge in [0, 0.05) is 23.1 Å². The van der Waals surface area contributed by atoms with E-state index in [9.17, 15) is 4.79 Å². The molecule has 0 aliphatic carbocycles. The van der Waals surface area contributed by atoms with Crippen LogP contribution in [0.3, 0.4) is 0 Å². The Balaban J connectivity index is 1.53. The van der Waals surface area contributed by atoms with Crippen LogP contribution >= 0.6 is 11.8 Å². The predicted octanol–water partition coefficient (Wildman–Crippen LogP) is 3.12. The lowest BCUT2D eigenvalue weighted by atomic mass is 10.1. The molecule has 0 bridgehead atoms. The zero-order valence-electron chi connectivity index (χ0n) is 15.4. The average molecular weight is 367 g/mol. The smallest absolute Gasteiger partial charge is 0.253 e. The topological polar surface area (TPSA) is 63.4 Å². The van der Waals surface area contributed by atoms with Crippen LogP contribution < -0.4 is 4.90 Å². The first-order valence-electron chi connectivity index (χ1n) is 8.69. The van der Waals surface area contributed by atoms with Crippen molar-refractivity contribution in [2.75, 3.05) is 10.7 Å². The van der Waals surface area contributed by atoms with E-state index in [-0.39, 0.29) is 11.9 Å². The van der Waals surface area contributed by atoms with Gasteiger partial charge in [0.15, 0.2) is 0 Å². The number of amides is 1. The number of carbonyl (C=O) groups excluding carboxylic acids is 1. The second-order valence-corrected chi connectivity index (χ2v) is 7.69. The van der Waals surface area contributed by atoms with Gasteiger partial charge in [0.1, 0.15) is 0 Å². The Labute approximate surface area is 156 Å². The molecule has 134 valence electrons. The number of nitrogens with zero attached hydrogens (tertiary/aromatic N) is 5. The van der Waals surface area contributed by atoms with Gasteiger partial charge in [0.05, 0.1) is 5.75 Å². The number of anilines is 1. The quantitative estimate of drug-likeness (QED) is 0.666. The molecule has 26 heavy (non-hydrogen) atoms. The Morgan fingerprint density at radius 1 is 1.23 bits per heavy atom. The number of para-hydroxylation sites is 1. The summed E-state index contributed by atoms with van der Waals surface area (Å²) in [4.78, 5) is 23.7. The number of hydrogen-bond donors (Lipinski definition) is 0. The summed E-state index contributed by atoms with van der Waals surface area (Å²) < 4.78 is 1.75. The largest absolute Gasteiger partial charge is 0.308 e. The van der Waals surface area contributed by atoms with Crippen LogP contribution in [0.5, 0.6) is 0 Å². The number of thioether (sulfide) groups is 1. The van der Waals surface area contributed by atoms with Crippen LogP contribution in [0.15, 0.2) is 29.4 Å². The van der Waals surface area contributed by atoms with Crippen molar-refractivity contribution in [3.05, 3.63) is 46.8 Å². The van der Waals surface area contributed by atoms with Crippen LogP contribution in [-0.2, 0) is 11.2 Å². The van der Waals surface area contributed by atoms with E-state index < -0.39 is 0 Å². The monoisotopic (exact) mass is 367 g/mol. The van der Waals surface area contributed by atoms with Gasteiger partial charge in [0.2, 0.25) is 11.1 Å². The number of rotatable bonds is 3. The molecule has 0 saturated carbocycles. The standard InChI is InChI=1S/C19H21N5OS/c1-11-9-15-7-5-6-8-16(15)23(11)17(25)10-26-19-21-18-20-13(3)12(2)14(4)24(18)22-19/h5-8,11H,9-10H2,1-4H3. The molecule has 1 aliphatic heterocycles. The van der Waals surface area contributed by atoms with E-state index in [0.29, 0.717) is 16.7 Å². The number of aryl methyl sites for hydroxylation is 2. The molecule has 0 N–H and O–H groups in total. The molecule has 0 spiro atoms. The summed E-state index contributed by atoms with van der Waals surface area (Å²) in [5, 5.41) is 5.09. The summed E-state index contributed by atoms with van der Waals surface area (Å²) in [5.74, 6) is 0.982. The highest BCUT2D eigenvalue weighted by Crippen LogP contribution is 2.32. The Morgan fingerprint density at radius 2 is 2.00 bits per heavy atom. The normalized spacial score (nSPS) is 16.3. The van der Waals surface area contributed by atoms with E-state index >= 15 is 0 Å². The van der Waals surface area contributed by atoms with Crippen molar-refractivity contribution in [3.8, 4) is 0 Å². The third-order valence-electron chi connectivity index (χ3n) is 5.04. The minimum absolute atomic E-state index is 0.0864. The maximum absolute atomic E-state index is 12.8. The van der Waals surface area contributed by atoms with Gasteiger partial charge in [-0.2, -0.15) is 4.98 Å². The first-order valence-corrected chi connectivity index (χ1v) is 9.67. The number of fused-ring (bicyclic) bond motifs is 2. The molecule has 0 radical (unpaired) electrons. The maximum atomic E-state index is 12.8. The molecule has 2 aromatic heterocycles. The fourth-order valence-electron chi connectivity index (χ4n) is 3.44. The third-order valence-corrected chi connectivity index (χ3v) is 5.86. The Morgan fingerprint density at radius 3 is 2.81 bits per heavy atom. The van der Waals surface area contributed by atoms with Gasteiger partial charge in [-0.1, -0.05) is 30.0 Å². The molecule has 3 heterocycles. The second kappa shape index (κ2) is 6.39. The molecule has 4 rings (SSSR count). The van der Waals surface area contributed by atoms with E-state index in [4.69, 9.17) is 0 Å². The van der Waals surface area contributed by atoms with Gasteiger partial charge in [0.25, 0.3) is 5.78 Å². The Kier molecular flexibility index (Phi) is 4.19. The fourth-order valence-corrected chi connectivity index (χ4v) is 4.12. The SMILES string of the molecule is Cc1nc2nc(SCC(=O)N3c4ccccc4CC3C)nn2c(C)c1C. The zero-order chi connectivity index (χ0) is 18.4. The lowest BCUT2D eigenvalue weighted by molar-refractivity contribution is -0.116. The van der Waals surface area contributed by atoms with Gasteiger partial charge in [-0.3, -0.25) is 4.79 Å².